The lowest BCUT2D eigenvalue weighted by Gasteiger charge is -2.06. The number of anilines is 1. The highest BCUT2D eigenvalue weighted by Gasteiger charge is 2.13. The average molecular weight is 255 g/mol. The van der Waals surface area contributed by atoms with Gasteiger partial charge in [0.1, 0.15) is 0 Å². The summed E-state index contributed by atoms with van der Waals surface area (Å²) in [5.74, 6) is -0.842. The first-order chi connectivity index (χ1) is 9.18. The largest absolute Gasteiger partial charge is 0.454 e. The predicted molar refractivity (Wildman–Crippen MR) is 71.9 cm³/mol. The Morgan fingerprint density at radius 1 is 0.947 bits per heavy atom. The van der Waals surface area contributed by atoms with Gasteiger partial charge in [-0.3, -0.25) is 4.79 Å². The van der Waals surface area contributed by atoms with E-state index in [1.54, 1.807) is 54.6 Å². The van der Waals surface area contributed by atoms with Crippen molar-refractivity contribution >= 4 is 17.4 Å². The molecule has 0 unspecified atom stereocenters. The lowest BCUT2D eigenvalue weighted by molar-refractivity contribution is 0.0475. The standard InChI is InChI=1S/C15H13NO3/c16-13-9-5-4-8-12(13)14(17)10-19-15(18)11-6-2-1-3-7-11/h1-9H,10,16H2. The van der Waals surface area contributed by atoms with E-state index in [9.17, 15) is 9.59 Å². The number of rotatable bonds is 4. The van der Waals surface area contributed by atoms with Crippen molar-refractivity contribution in [2.24, 2.45) is 0 Å². The SMILES string of the molecule is Nc1ccccc1C(=O)COC(=O)c1ccccc1. The Kier molecular flexibility index (Phi) is 3.93. The molecule has 96 valence electrons. The lowest BCUT2D eigenvalue weighted by atomic mass is 10.1. The van der Waals surface area contributed by atoms with Gasteiger partial charge in [0.25, 0.3) is 0 Å². The maximum atomic E-state index is 11.8. The lowest BCUT2D eigenvalue weighted by Crippen LogP contribution is -2.15. The minimum Gasteiger partial charge on any atom is -0.454 e. The van der Waals surface area contributed by atoms with Crippen molar-refractivity contribution in [1.29, 1.82) is 0 Å². The van der Waals surface area contributed by atoms with E-state index in [4.69, 9.17) is 10.5 Å². The summed E-state index contributed by atoms with van der Waals surface area (Å²) in [5.41, 5.74) is 6.83. The fourth-order valence-electron chi connectivity index (χ4n) is 1.62. The fourth-order valence-corrected chi connectivity index (χ4v) is 1.62. The van der Waals surface area contributed by atoms with Crippen LogP contribution in [-0.4, -0.2) is 18.4 Å². The van der Waals surface area contributed by atoms with Crippen LogP contribution >= 0.6 is 0 Å². The molecular formula is C15H13NO3. The van der Waals surface area contributed by atoms with Crippen LogP contribution in [0.15, 0.2) is 54.6 Å². The molecule has 4 nitrogen and oxygen atoms in total. The Hall–Kier alpha value is -2.62. The molecule has 4 heteroatoms. The second kappa shape index (κ2) is 5.82. The van der Waals surface area contributed by atoms with E-state index in [0.29, 0.717) is 16.8 Å². The van der Waals surface area contributed by atoms with Crippen molar-refractivity contribution in [3.63, 3.8) is 0 Å². The molecule has 0 aliphatic rings. The van der Waals surface area contributed by atoms with Crippen molar-refractivity contribution in [1.82, 2.24) is 0 Å². The number of esters is 1. The molecular weight excluding hydrogens is 242 g/mol. The molecule has 0 amide bonds. The van der Waals surface area contributed by atoms with E-state index >= 15 is 0 Å². The minimum absolute atomic E-state index is 0.317. The van der Waals surface area contributed by atoms with Gasteiger partial charge in [0.2, 0.25) is 5.78 Å². The normalized spacial score (nSPS) is 9.89. The van der Waals surface area contributed by atoms with E-state index in [1.807, 2.05) is 0 Å². The summed E-state index contributed by atoms with van der Waals surface area (Å²) in [5, 5.41) is 0. The number of ether oxygens (including phenoxy) is 1. The molecule has 0 aliphatic heterocycles. The van der Waals surface area contributed by atoms with Crippen molar-refractivity contribution in [2.45, 2.75) is 0 Å². The monoisotopic (exact) mass is 255 g/mol. The molecule has 2 aromatic rings. The van der Waals surface area contributed by atoms with Crippen molar-refractivity contribution in [2.75, 3.05) is 12.3 Å². The van der Waals surface area contributed by atoms with Gasteiger partial charge in [0.15, 0.2) is 6.61 Å². The number of ketones is 1. The number of hydrogen-bond donors (Lipinski definition) is 1. The Labute approximate surface area is 110 Å². The molecule has 19 heavy (non-hydrogen) atoms. The third-order valence-corrected chi connectivity index (χ3v) is 2.61. The molecule has 0 saturated heterocycles. The molecule has 0 bridgehead atoms. The molecule has 0 atom stereocenters. The number of hydrogen-bond acceptors (Lipinski definition) is 4. The molecule has 0 aromatic heterocycles. The van der Waals surface area contributed by atoms with Crippen molar-refractivity contribution < 1.29 is 14.3 Å². The van der Waals surface area contributed by atoms with Crippen LogP contribution < -0.4 is 5.73 Å². The first kappa shape index (κ1) is 12.8. The fraction of sp³-hybridized carbons (Fsp3) is 0.0667. The van der Waals surface area contributed by atoms with Gasteiger partial charge >= 0.3 is 5.97 Å². The zero-order chi connectivity index (χ0) is 13.7. The van der Waals surface area contributed by atoms with Crippen LogP contribution in [0.5, 0.6) is 0 Å². The van der Waals surface area contributed by atoms with Crippen LogP contribution in [-0.2, 0) is 4.74 Å². The van der Waals surface area contributed by atoms with Gasteiger partial charge in [-0.2, -0.15) is 0 Å². The van der Waals surface area contributed by atoms with Gasteiger partial charge in [-0.05, 0) is 24.3 Å². The summed E-state index contributed by atoms with van der Waals surface area (Å²) in [6, 6.07) is 15.2. The van der Waals surface area contributed by atoms with Gasteiger partial charge in [0, 0.05) is 11.3 Å². The summed E-state index contributed by atoms with van der Waals surface area (Å²) in [6.45, 7) is -0.318. The Balaban J connectivity index is 1.98. The van der Waals surface area contributed by atoms with Crippen LogP contribution in [0.3, 0.4) is 0 Å². The first-order valence-electron chi connectivity index (χ1n) is 5.78. The van der Waals surface area contributed by atoms with E-state index < -0.39 is 5.97 Å². The molecule has 0 saturated carbocycles. The molecule has 2 N–H and O–H groups in total. The van der Waals surface area contributed by atoms with Gasteiger partial charge < -0.3 is 10.5 Å². The summed E-state index contributed by atoms with van der Waals surface area (Å²) in [7, 11) is 0. The van der Waals surface area contributed by atoms with Gasteiger partial charge in [-0.15, -0.1) is 0 Å². The zero-order valence-corrected chi connectivity index (χ0v) is 10.2. The van der Waals surface area contributed by atoms with Crippen LogP contribution in [0.4, 0.5) is 5.69 Å². The number of Topliss-reactive ketones (excluding diaryl/α,β-unsaturated/α-hetero) is 1. The first-order valence-corrected chi connectivity index (χ1v) is 5.78. The molecule has 0 spiro atoms. The minimum atomic E-state index is -0.525. The Bertz CT molecular complexity index is 593. The van der Waals surface area contributed by atoms with Gasteiger partial charge in [-0.1, -0.05) is 30.3 Å². The Morgan fingerprint density at radius 2 is 1.58 bits per heavy atom. The van der Waals surface area contributed by atoms with E-state index in [2.05, 4.69) is 0 Å². The second-order valence-corrected chi connectivity index (χ2v) is 3.95. The summed E-state index contributed by atoms with van der Waals surface area (Å²) < 4.78 is 4.96. The third-order valence-electron chi connectivity index (χ3n) is 2.61. The molecule has 2 rings (SSSR count). The highest BCUT2D eigenvalue weighted by Crippen LogP contribution is 2.11. The molecule has 0 fully saturated rings. The highest BCUT2D eigenvalue weighted by molar-refractivity contribution is 6.03. The molecule has 2 aromatic carbocycles. The number of para-hydroxylation sites is 1. The quantitative estimate of drug-likeness (QED) is 0.517. The molecule has 0 heterocycles. The maximum absolute atomic E-state index is 11.8. The topological polar surface area (TPSA) is 69.4 Å². The van der Waals surface area contributed by atoms with Crippen molar-refractivity contribution in [3.8, 4) is 0 Å². The van der Waals surface area contributed by atoms with E-state index in [-0.39, 0.29) is 12.4 Å². The zero-order valence-electron chi connectivity index (χ0n) is 10.2. The molecule has 0 radical (unpaired) electrons. The van der Waals surface area contributed by atoms with Crippen LogP contribution in [0.25, 0.3) is 0 Å². The van der Waals surface area contributed by atoms with E-state index in [0.717, 1.165) is 0 Å². The highest BCUT2D eigenvalue weighted by atomic mass is 16.5. The van der Waals surface area contributed by atoms with Gasteiger partial charge in [0.05, 0.1) is 5.56 Å². The summed E-state index contributed by atoms with van der Waals surface area (Å²) >= 11 is 0. The Morgan fingerprint density at radius 3 is 2.26 bits per heavy atom. The maximum Gasteiger partial charge on any atom is 0.338 e. The summed E-state index contributed by atoms with van der Waals surface area (Å²) in [4.78, 5) is 23.5. The van der Waals surface area contributed by atoms with Crippen LogP contribution in [0.2, 0.25) is 0 Å². The average Bonchev–Trinajstić information content (AvgIpc) is 2.46. The van der Waals surface area contributed by atoms with Crippen molar-refractivity contribution in [3.05, 3.63) is 65.7 Å². The van der Waals surface area contributed by atoms with Crippen LogP contribution in [0, 0.1) is 0 Å². The number of nitrogens with two attached hydrogens (primary N) is 1. The number of nitrogen functional groups attached to an aromatic ring is 1. The summed E-state index contributed by atoms with van der Waals surface area (Å²) in [6.07, 6.45) is 0. The van der Waals surface area contributed by atoms with Crippen LogP contribution in [0.1, 0.15) is 20.7 Å². The molecule has 0 aliphatic carbocycles. The number of carbonyl (C=O) groups is 2. The smallest absolute Gasteiger partial charge is 0.338 e. The number of carbonyl (C=O) groups excluding carboxylic acids is 2. The van der Waals surface area contributed by atoms with Gasteiger partial charge in [-0.25, -0.2) is 4.79 Å². The van der Waals surface area contributed by atoms with E-state index in [1.165, 1.54) is 0 Å². The number of benzene rings is 2. The second-order valence-electron chi connectivity index (χ2n) is 3.95. The third kappa shape index (κ3) is 3.19. The predicted octanol–water partition coefficient (Wildman–Crippen LogP) is 2.31.